The van der Waals surface area contributed by atoms with Crippen molar-refractivity contribution >= 4 is 71.1 Å². The Morgan fingerprint density at radius 3 is 0.913 bits per heavy atom. The van der Waals surface area contributed by atoms with Crippen LogP contribution in [0.5, 0.6) is 0 Å². The zero-order valence-corrected chi connectivity index (χ0v) is 37.0. The Morgan fingerprint density at radius 1 is 0.333 bits per heavy atom. The summed E-state index contributed by atoms with van der Waals surface area (Å²) in [5.41, 5.74) is 17.7. The van der Waals surface area contributed by atoms with Gasteiger partial charge in [-0.2, -0.15) is 10.5 Å². The number of para-hydroxylation sites is 3. The summed E-state index contributed by atoms with van der Waals surface area (Å²) in [6.07, 6.45) is 0. The van der Waals surface area contributed by atoms with Gasteiger partial charge in [-0.1, -0.05) is 121 Å². The van der Waals surface area contributed by atoms with Gasteiger partial charge in [-0.25, -0.2) is 4.85 Å². The molecule has 3 aromatic heterocycles. The molecule has 13 rings (SSSR count). The van der Waals surface area contributed by atoms with Gasteiger partial charge in [0, 0.05) is 49.4 Å². The van der Waals surface area contributed by atoms with Crippen molar-refractivity contribution in [2.24, 2.45) is 0 Å². The van der Waals surface area contributed by atoms with Crippen molar-refractivity contribution in [2.75, 3.05) is 0 Å². The topological polar surface area (TPSA) is 66.7 Å². The SMILES string of the molecule is [C-]#[N+]c1ccc(-c2ccc3c(c2)c2c4c(c5cc(-c6ccc(C#N)cc6)ccc5n4-c4ccccc4)c4c(c5cc(-c6ccc(C#N)cc6)ccc5n4-c4ccccc4)c2n3-c2ccccc2)cc1. The summed E-state index contributed by atoms with van der Waals surface area (Å²) in [6, 6.07) is 80.6. The molecule has 0 saturated carbocycles. The minimum absolute atomic E-state index is 0.604. The summed E-state index contributed by atoms with van der Waals surface area (Å²) in [6.45, 7) is 7.65. The molecule has 0 atom stereocenters. The van der Waals surface area contributed by atoms with Crippen LogP contribution in [0.1, 0.15) is 11.1 Å². The molecule has 0 radical (unpaired) electrons. The minimum Gasteiger partial charge on any atom is -0.308 e. The first kappa shape index (κ1) is 39.4. The Morgan fingerprint density at radius 2 is 0.623 bits per heavy atom. The van der Waals surface area contributed by atoms with Gasteiger partial charge >= 0.3 is 0 Å². The van der Waals surface area contributed by atoms with E-state index >= 15 is 0 Å². The van der Waals surface area contributed by atoms with Crippen LogP contribution in [-0.4, -0.2) is 13.7 Å². The maximum atomic E-state index is 9.71. The Bertz CT molecular complexity index is 3850. The number of fused-ring (bicyclic) bond motifs is 12. The van der Waals surface area contributed by atoms with Crippen molar-refractivity contribution in [2.45, 2.75) is 0 Å². The van der Waals surface area contributed by atoms with Gasteiger partial charge in [0.05, 0.1) is 62.9 Å². The second-order valence-electron chi connectivity index (χ2n) is 17.4. The molecule has 0 N–H and O–H groups in total. The van der Waals surface area contributed by atoms with Crippen molar-refractivity contribution < 1.29 is 0 Å². The van der Waals surface area contributed by atoms with Crippen LogP contribution in [0.15, 0.2) is 218 Å². The first-order valence-electron chi connectivity index (χ1n) is 22.8. The highest BCUT2D eigenvalue weighted by molar-refractivity contribution is 6.40. The monoisotopic (exact) mass is 876 g/mol. The zero-order chi connectivity index (χ0) is 46.2. The van der Waals surface area contributed by atoms with E-state index in [-0.39, 0.29) is 0 Å². The van der Waals surface area contributed by atoms with Crippen molar-refractivity contribution in [3.63, 3.8) is 0 Å². The number of aromatic nitrogens is 3. The molecular weight excluding hydrogens is 841 g/mol. The third-order valence-corrected chi connectivity index (χ3v) is 13.7. The van der Waals surface area contributed by atoms with E-state index in [4.69, 9.17) is 6.57 Å². The van der Waals surface area contributed by atoms with Crippen LogP contribution in [0.4, 0.5) is 5.69 Å². The average Bonchev–Trinajstić information content (AvgIpc) is 4.07. The molecule has 13 aromatic rings. The summed E-state index contributed by atoms with van der Waals surface area (Å²) in [4.78, 5) is 3.69. The Balaban J connectivity index is 1.32. The second kappa shape index (κ2) is 15.6. The van der Waals surface area contributed by atoms with Crippen LogP contribution in [0.2, 0.25) is 0 Å². The van der Waals surface area contributed by atoms with Crippen molar-refractivity contribution in [1.82, 2.24) is 13.7 Å². The molecule has 0 spiro atoms. The summed E-state index contributed by atoms with van der Waals surface area (Å²) >= 11 is 0. The molecule has 0 fully saturated rings. The predicted octanol–water partition coefficient (Wildman–Crippen LogP) is 16.3. The molecule has 0 saturated heterocycles. The number of nitrogens with zero attached hydrogens (tertiary/aromatic N) is 6. The molecule has 69 heavy (non-hydrogen) atoms. The van der Waals surface area contributed by atoms with E-state index in [9.17, 15) is 10.5 Å². The number of benzene rings is 10. The summed E-state index contributed by atoms with van der Waals surface area (Å²) in [5.74, 6) is 0. The van der Waals surface area contributed by atoms with E-state index in [1.165, 1.54) is 0 Å². The number of hydrogen-bond acceptors (Lipinski definition) is 2. The molecule has 0 bridgehead atoms. The molecule has 0 amide bonds. The van der Waals surface area contributed by atoms with E-state index in [1.807, 2.05) is 72.8 Å². The van der Waals surface area contributed by atoms with Gasteiger partial charge in [0.1, 0.15) is 0 Å². The molecule has 0 aliphatic heterocycles. The van der Waals surface area contributed by atoms with E-state index in [0.717, 1.165) is 116 Å². The van der Waals surface area contributed by atoms with E-state index in [2.05, 4.69) is 176 Å². The van der Waals surface area contributed by atoms with Gasteiger partial charge in [-0.15, -0.1) is 0 Å². The fourth-order valence-electron chi connectivity index (χ4n) is 10.6. The maximum absolute atomic E-state index is 9.71. The van der Waals surface area contributed by atoms with E-state index in [1.54, 1.807) is 0 Å². The smallest absolute Gasteiger partial charge is 0.187 e. The van der Waals surface area contributed by atoms with Crippen LogP contribution < -0.4 is 0 Å². The number of rotatable bonds is 6. The van der Waals surface area contributed by atoms with Crippen LogP contribution in [-0.2, 0) is 0 Å². The highest BCUT2D eigenvalue weighted by atomic mass is 15.0. The Labute approximate surface area is 397 Å². The molecular formula is C63H36N6. The molecule has 10 aromatic carbocycles. The standard InChI is InChI=1S/C63H36N6/c1-66-48-30-25-44(26-31-48)47-29-34-57-54(37-47)60-62-58(53-36-46(43-23-19-41(39-65)20-24-43)28-33-56(53)68(62)50-13-7-3-8-14-50)61-59(63(60)69(57)51-15-9-4-10-16-51)52-35-45(42-21-17-40(38-64)18-22-42)27-32-55(52)67(61)49-11-5-2-6-12-49/h2-37H. The lowest BCUT2D eigenvalue weighted by Gasteiger charge is -2.13. The fourth-order valence-corrected chi connectivity index (χ4v) is 10.6. The first-order chi connectivity index (χ1) is 34.1. The van der Waals surface area contributed by atoms with E-state index < -0.39 is 0 Å². The average molecular weight is 877 g/mol. The Hall–Kier alpha value is -9.93. The van der Waals surface area contributed by atoms with Crippen molar-refractivity contribution in [1.29, 1.82) is 10.5 Å². The molecule has 318 valence electrons. The van der Waals surface area contributed by atoms with Crippen LogP contribution in [0.3, 0.4) is 0 Å². The molecule has 6 heteroatoms. The number of nitriles is 2. The first-order valence-corrected chi connectivity index (χ1v) is 22.8. The van der Waals surface area contributed by atoms with E-state index in [0.29, 0.717) is 16.8 Å². The van der Waals surface area contributed by atoms with Crippen molar-refractivity contribution in [3.05, 3.63) is 241 Å². The normalized spacial score (nSPS) is 11.4. The summed E-state index contributed by atoms with van der Waals surface area (Å²) < 4.78 is 7.36. The highest BCUT2D eigenvalue weighted by Crippen LogP contribution is 2.51. The molecule has 3 heterocycles. The molecule has 6 nitrogen and oxygen atoms in total. The molecule has 0 aliphatic rings. The maximum Gasteiger partial charge on any atom is 0.187 e. The zero-order valence-electron chi connectivity index (χ0n) is 37.0. The summed E-state index contributed by atoms with van der Waals surface area (Å²) in [7, 11) is 0. The quantitative estimate of drug-likeness (QED) is 0.156. The fraction of sp³-hybridized carbons (Fsp3) is 0. The summed E-state index contributed by atoms with van der Waals surface area (Å²) in [5, 5.41) is 26.1. The van der Waals surface area contributed by atoms with Gasteiger partial charge in [0.25, 0.3) is 0 Å². The van der Waals surface area contributed by atoms with Crippen LogP contribution in [0.25, 0.3) is 121 Å². The van der Waals surface area contributed by atoms with Crippen LogP contribution in [0, 0.1) is 29.2 Å². The second-order valence-corrected chi connectivity index (χ2v) is 17.4. The third-order valence-electron chi connectivity index (χ3n) is 13.7. The van der Waals surface area contributed by atoms with Crippen LogP contribution >= 0.6 is 0 Å². The van der Waals surface area contributed by atoms with Gasteiger partial charge < -0.3 is 13.7 Å². The lowest BCUT2D eigenvalue weighted by molar-refractivity contribution is 1.17. The van der Waals surface area contributed by atoms with Gasteiger partial charge in [0.2, 0.25) is 0 Å². The van der Waals surface area contributed by atoms with Crippen molar-refractivity contribution in [3.8, 4) is 62.6 Å². The highest BCUT2D eigenvalue weighted by Gasteiger charge is 2.29. The third kappa shape index (κ3) is 6.09. The Kier molecular flexibility index (Phi) is 8.92. The molecule has 0 unspecified atom stereocenters. The van der Waals surface area contributed by atoms with Gasteiger partial charge in [0.15, 0.2) is 5.69 Å². The number of hydrogen-bond donors (Lipinski definition) is 0. The molecule has 0 aliphatic carbocycles. The van der Waals surface area contributed by atoms with Gasteiger partial charge in [-0.05, 0) is 130 Å². The van der Waals surface area contributed by atoms with Gasteiger partial charge in [-0.3, -0.25) is 0 Å². The predicted molar refractivity (Wildman–Crippen MR) is 281 cm³/mol. The lowest BCUT2D eigenvalue weighted by Crippen LogP contribution is -1.97. The minimum atomic E-state index is 0.604. The lowest BCUT2D eigenvalue weighted by atomic mass is 9.97. The largest absolute Gasteiger partial charge is 0.308 e.